The number of hydrogen-bond acceptors (Lipinski definition) is 2. The van der Waals surface area contributed by atoms with Crippen molar-refractivity contribution in [2.45, 2.75) is 51.5 Å². The Kier molecular flexibility index (Phi) is 4.64. The number of carbonyl (C=O) groups is 1. The van der Waals surface area contributed by atoms with Crippen LogP contribution in [0.25, 0.3) is 0 Å². The molecule has 110 valence electrons. The smallest absolute Gasteiger partial charge is 0.157 e. The van der Waals surface area contributed by atoms with E-state index in [1.165, 1.54) is 18.4 Å². The molecule has 1 saturated carbocycles. The van der Waals surface area contributed by atoms with Gasteiger partial charge in [0.25, 0.3) is 0 Å². The average molecular weight is 273 g/mol. The van der Waals surface area contributed by atoms with Crippen LogP contribution in [-0.4, -0.2) is 30.3 Å². The van der Waals surface area contributed by atoms with E-state index in [2.05, 4.69) is 57.1 Å². The molecule has 0 aromatic heterocycles. The van der Waals surface area contributed by atoms with Gasteiger partial charge in [0.15, 0.2) is 5.78 Å². The van der Waals surface area contributed by atoms with Gasteiger partial charge in [0.05, 0.1) is 5.54 Å². The monoisotopic (exact) mass is 273 g/mol. The first kappa shape index (κ1) is 15.2. The molecule has 1 aliphatic carbocycles. The quantitative estimate of drug-likeness (QED) is 0.835. The molecule has 0 N–H and O–H groups in total. The fourth-order valence-corrected chi connectivity index (χ4v) is 3.49. The summed E-state index contributed by atoms with van der Waals surface area (Å²) in [7, 11) is 4.12. The maximum Gasteiger partial charge on any atom is 0.157 e. The van der Waals surface area contributed by atoms with Crippen molar-refractivity contribution in [3.63, 3.8) is 0 Å². The molecular formula is C18H27NO. The van der Waals surface area contributed by atoms with Crippen molar-refractivity contribution < 1.29 is 4.79 Å². The molecule has 0 spiro atoms. The Morgan fingerprint density at radius 3 is 2.50 bits per heavy atom. The van der Waals surface area contributed by atoms with Gasteiger partial charge in [-0.1, -0.05) is 49.6 Å². The molecule has 20 heavy (non-hydrogen) atoms. The van der Waals surface area contributed by atoms with E-state index in [-0.39, 0.29) is 5.54 Å². The fourth-order valence-electron chi connectivity index (χ4n) is 3.49. The predicted molar refractivity (Wildman–Crippen MR) is 83.9 cm³/mol. The lowest BCUT2D eigenvalue weighted by Crippen LogP contribution is -2.54. The van der Waals surface area contributed by atoms with Gasteiger partial charge in [0, 0.05) is 6.42 Å². The first-order chi connectivity index (χ1) is 9.44. The van der Waals surface area contributed by atoms with Gasteiger partial charge in [-0.3, -0.25) is 9.69 Å². The second kappa shape index (κ2) is 6.09. The van der Waals surface area contributed by atoms with E-state index in [9.17, 15) is 4.79 Å². The van der Waals surface area contributed by atoms with E-state index >= 15 is 0 Å². The molecular weight excluding hydrogens is 246 g/mol. The van der Waals surface area contributed by atoms with Crippen LogP contribution in [0, 0.1) is 12.8 Å². The number of ketones is 1. The summed E-state index contributed by atoms with van der Waals surface area (Å²) in [5.41, 5.74) is 2.14. The summed E-state index contributed by atoms with van der Waals surface area (Å²) in [5, 5.41) is 0. The Morgan fingerprint density at radius 1 is 1.30 bits per heavy atom. The van der Waals surface area contributed by atoms with Gasteiger partial charge in [-0.15, -0.1) is 0 Å². The third-order valence-electron chi connectivity index (χ3n) is 4.83. The summed E-state index contributed by atoms with van der Waals surface area (Å²) >= 11 is 0. The van der Waals surface area contributed by atoms with Gasteiger partial charge in [-0.05, 0) is 45.3 Å². The van der Waals surface area contributed by atoms with E-state index in [0.717, 1.165) is 18.4 Å². The van der Waals surface area contributed by atoms with Gasteiger partial charge in [-0.2, -0.15) is 0 Å². The van der Waals surface area contributed by atoms with Crippen molar-refractivity contribution in [2.75, 3.05) is 14.1 Å². The molecule has 0 amide bonds. The third kappa shape index (κ3) is 3.12. The SMILES string of the molecule is Cc1ccc(CC(=O)C2(N(C)C)CCCC(C)C2)cc1. The van der Waals surface area contributed by atoms with Crippen LogP contribution in [0.2, 0.25) is 0 Å². The van der Waals surface area contributed by atoms with Gasteiger partial charge >= 0.3 is 0 Å². The second-order valence-corrected chi connectivity index (χ2v) is 6.71. The molecule has 0 bridgehead atoms. The van der Waals surface area contributed by atoms with Crippen molar-refractivity contribution in [2.24, 2.45) is 5.92 Å². The topological polar surface area (TPSA) is 20.3 Å². The minimum absolute atomic E-state index is 0.247. The molecule has 1 aromatic carbocycles. The lowest BCUT2D eigenvalue weighted by molar-refractivity contribution is -0.132. The normalized spacial score (nSPS) is 26.8. The Labute approximate surface area is 123 Å². The van der Waals surface area contributed by atoms with Crippen LogP contribution >= 0.6 is 0 Å². The van der Waals surface area contributed by atoms with Crippen molar-refractivity contribution >= 4 is 5.78 Å². The third-order valence-corrected chi connectivity index (χ3v) is 4.83. The number of hydrogen-bond donors (Lipinski definition) is 0. The molecule has 2 atom stereocenters. The number of likely N-dealkylation sites (N-methyl/N-ethyl adjacent to an activating group) is 1. The molecule has 2 nitrogen and oxygen atoms in total. The van der Waals surface area contributed by atoms with Gasteiger partial charge in [0.1, 0.15) is 0 Å². The van der Waals surface area contributed by atoms with Crippen molar-refractivity contribution in [1.29, 1.82) is 0 Å². The Bertz CT molecular complexity index is 463. The van der Waals surface area contributed by atoms with E-state index in [4.69, 9.17) is 0 Å². The van der Waals surface area contributed by atoms with Gasteiger partial charge < -0.3 is 0 Å². The molecule has 0 heterocycles. The first-order valence-corrected chi connectivity index (χ1v) is 7.70. The number of aryl methyl sites for hydroxylation is 1. The highest BCUT2D eigenvalue weighted by molar-refractivity contribution is 5.90. The lowest BCUT2D eigenvalue weighted by atomic mass is 9.72. The molecule has 1 aliphatic rings. The van der Waals surface area contributed by atoms with Crippen molar-refractivity contribution in [1.82, 2.24) is 4.90 Å². The highest BCUT2D eigenvalue weighted by Gasteiger charge is 2.42. The second-order valence-electron chi connectivity index (χ2n) is 6.71. The standard InChI is InChI=1S/C18H27NO/c1-14-7-9-16(10-8-14)12-17(20)18(19(3)4)11-5-6-15(2)13-18/h7-10,15H,5-6,11-13H2,1-4H3. The molecule has 0 aliphatic heterocycles. The zero-order valence-corrected chi connectivity index (χ0v) is 13.3. The molecule has 0 saturated heterocycles. The number of nitrogens with zero attached hydrogens (tertiary/aromatic N) is 1. The summed E-state index contributed by atoms with van der Waals surface area (Å²) in [5.74, 6) is 1.03. The maximum atomic E-state index is 12.9. The zero-order chi connectivity index (χ0) is 14.8. The summed E-state index contributed by atoms with van der Waals surface area (Å²) in [6.45, 7) is 4.35. The van der Waals surface area contributed by atoms with E-state index in [1.807, 2.05) is 0 Å². The predicted octanol–water partition coefficient (Wildman–Crippen LogP) is 3.62. The molecule has 2 rings (SSSR count). The molecule has 1 fully saturated rings. The fraction of sp³-hybridized carbons (Fsp3) is 0.611. The van der Waals surface area contributed by atoms with Gasteiger partial charge in [-0.25, -0.2) is 0 Å². The van der Waals surface area contributed by atoms with Crippen LogP contribution in [0.1, 0.15) is 43.7 Å². The number of carbonyl (C=O) groups excluding carboxylic acids is 1. The largest absolute Gasteiger partial charge is 0.297 e. The Balaban J connectivity index is 2.17. The highest BCUT2D eigenvalue weighted by atomic mass is 16.1. The zero-order valence-electron chi connectivity index (χ0n) is 13.3. The molecule has 2 heteroatoms. The van der Waals surface area contributed by atoms with E-state index in [0.29, 0.717) is 18.1 Å². The summed E-state index contributed by atoms with van der Waals surface area (Å²) < 4.78 is 0. The average Bonchev–Trinajstić information content (AvgIpc) is 2.41. The van der Waals surface area contributed by atoms with Crippen LogP contribution in [-0.2, 0) is 11.2 Å². The van der Waals surface area contributed by atoms with E-state index in [1.54, 1.807) is 0 Å². The molecule has 0 radical (unpaired) electrons. The Morgan fingerprint density at radius 2 is 1.95 bits per heavy atom. The maximum absolute atomic E-state index is 12.9. The number of benzene rings is 1. The number of rotatable bonds is 4. The van der Waals surface area contributed by atoms with Gasteiger partial charge in [0.2, 0.25) is 0 Å². The van der Waals surface area contributed by atoms with Crippen LogP contribution in [0.4, 0.5) is 0 Å². The summed E-state index contributed by atoms with van der Waals surface area (Å²) in [4.78, 5) is 15.1. The van der Waals surface area contributed by atoms with Crippen molar-refractivity contribution in [3.8, 4) is 0 Å². The summed E-state index contributed by atoms with van der Waals surface area (Å²) in [6, 6.07) is 8.36. The molecule has 1 aromatic rings. The number of Topliss-reactive ketones (excluding diaryl/α,β-unsaturated/α-hetero) is 1. The highest BCUT2D eigenvalue weighted by Crippen LogP contribution is 2.37. The lowest BCUT2D eigenvalue weighted by Gasteiger charge is -2.44. The van der Waals surface area contributed by atoms with Crippen LogP contribution in [0.5, 0.6) is 0 Å². The van der Waals surface area contributed by atoms with Crippen molar-refractivity contribution in [3.05, 3.63) is 35.4 Å². The first-order valence-electron chi connectivity index (χ1n) is 7.70. The minimum atomic E-state index is -0.247. The van der Waals surface area contributed by atoms with Crippen LogP contribution < -0.4 is 0 Å². The molecule has 2 unspecified atom stereocenters. The Hall–Kier alpha value is -1.15. The van der Waals surface area contributed by atoms with Crippen LogP contribution in [0.15, 0.2) is 24.3 Å². The summed E-state index contributed by atoms with van der Waals surface area (Å²) in [6.07, 6.45) is 5.00. The van der Waals surface area contributed by atoms with E-state index < -0.39 is 0 Å². The minimum Gasteiger partial charge on any atom is -0.297 e. The van der Waals surface area contributed by atoms with Crippen LogP contribution in [0.3, 0.4) is 0 Å².